The Kier molecular flexibility index (Phi) is 3.27. The number of nitrogens with zero attached hydrogens (tertiary/aromatic N) is 3. The molecule has 2 aromatic carbocycles. The fraction of sp³-hybridized carbons (Fsp3) is 0.118. The standard InChI is InChI=1S/C17H15N5O/c18-16-13-10-12(7-8-14(13)19-21-16)17-22-20-15(23-17)9-6-11-4-2-1-3-5-11/h1-5,7-8,10H,6,9H2,(H3,18,19,21). The molecule has 6 nitrogen and oxygen atoms in total. The Bertz CT molecular complexity index is 942. The van der Waals surface area contributed by atoms with Crippen LogP contribution in [0.25, 0.3) is 22.4 Å². The highest BCUT2D eigenvalue weighted by Crippen LogP contribution is 2.25. The largest absolute Gasteiger partial charge is 0.421 e. The lowest BCUT2D eigenvalue weighted by molar-refractivity contribution is 0.504. The number of anilines is 1. The molecule has 6 heteroatoms. The van der Waals surface area contributed by atoms with Crippen LogP contribution in [0.1, 0.15) is 11.5 Å². The SMILES string of the molecule is Nc1n[nH]c2ccc(-c3nnc(CCc4ccccc4)o3)cc12. The summed E-state index contributed by atoms with van der Waals surface area (Å²) < 4.78 is 5.76. The van der Waals surface area contributed by atoms with Crippen LogP contribution < -0.4 is 5.73 Å². The van der Waals surface area contributed by atoms with E-state index >= 15 is 0 Å². The molecule has 114 valence electrons. The van der Waals surface area contributed by atoms with Crippen molar-refractivity contribution in [2.75, 3.05) is 5.73 Å². The number of nitrogens with two attached hydrogens (primary N) is 1. The molecule has 0 bridgehead atoms. The Morgan fingerprint density at radius 1 is 1.00 bits per heavy atom. The van der Waals surface area contributed by atoms with Crippen LogP contribution in [-0.2, 0) is 12.8 Å². The van der Waals surface area contributed by atoms with Gasteiger partial charge in [0.15, 0.2) is 5.82 Å². The van der Waals surface area contributed by atoms with Gasteiger partial charge in [0.2, 0.25) is 11.8 Å². The second kappa shape index (κ2) is 5.57. The lowest BCUT2D eigenvalue weighted by Gasteiger charge is -1.97. The fourth-order valence-electron chi connectivity index (χ4n) is 2.53. The first-order valence-electron chi connectivity index (χ1n) is 7.40. The van der Waals surface area contributed by atoms with Gasteiger partial charge in [-0.25, -0.2) is 0 Å². The van der Waals surface area contributed by atoms with Gasteiger partial charge in [-0.05, 0) is 30.2 Å². The third-order valence-electron chi connectivity index (χ3n) is 3.78. The predicted octanol–water partition coefficient (Wildman–Crippen LogP) is 2.98. The van der Waals surface area contributed by atoms with Gasteiger partial charge in [-0.3, -0.25) is 5.10 Å². The van der Waals surface area contributed by atoms with Crippen LogP contribution in [0.4, 0.5) is 5.82 Å². The number of rotatable bonds is 4. The minimum Gasteiger partial charge on any atom is -0.421 e. The van der Waals surface area contributed by atoms with Gasteiger partial charge in [-0.2, -0.15) is 5.10 Å². The summed E-state index contributed by atoms with van der Waals surface area (Å²) in [6, 6.07) is 16.0. The lowest BCUT2D eigenvalue weighted by atomic mass is 10.1. The van der Waals surface area contributed by atoms with Crippen molar-refractivity contribution in [2.45, 2.75) is 12.8 Å². The molecule has 0 aliphatic carbocycles. The van der Waals surface area contributed by atoms with Crippen molar-refractivity contribution in [2.24, 2.45) is 0 Å². The van der Waals surface area contributed by atoms with Gasteiger partial charge >= 0.3 is 0 Å². The van der Waals surface area contributed by atoms with Crippen LogP contribution in [-0.4, -0.2) is 20.4 Å². The van der Waals surface area contributed by atoms with E-state index in [2.05, 4.69) is 32.5 Å². The van der Waals surface area contributed by atoms with E-state index in [1.807, 2.05) is 36.4 Å². The normalized spacial score (nSPS) is 11.1. The first kappa shape index (κ1) is 13.5. The summed E-state index contributed by atoms with van der Waals surface area (Å²) >= 11 is 0. The van der Waals surface area contributed by atoms with Crippen LogP contribution in [0, 0.1) is 0 Å². The van der Waals surface area contributed by atoms with Crippen LogP contribution >= 0.6 is 0 Å². The number of hydrogen-bond acceptors (Lipinski definition) is 5. The summed E-state index contributed by atoms with van der Waals surface area (Å²) in [6.45, 7) is 0. The van der Waals surface area contributed by atoms with Crippen LogP contribution in [0.2, 0.25) is 0 Å². The Balaban J connectivity index is 1.55. The van der Waals surface area contributed by atoms with E-state index in [0.717, 1.165) is 22.9 Å². The van der Waals surface area contributed by atoms with Gasteiger partial charge < -0.3 is 10.2 Å². The first-order chi connectivity index (χ1) is 11.3. The zero-order valence-corrected chi connectivity index (χ0v) is 12.4. The molecule has 23 heavy (non-hydrogen) atoms. The monoisotopic (exact) mass is 305 g/mol. The van der Waals surface area contributed by atoms with E-state index in [-0.39, 0.29) is 0 Å². The Labute approximate surface area is 132 Å². The number of nitrogens with one attached hydrogen (secondary N) is 1. The molecule has 2 heterocycles. The Morgan fingerprint density at radius 2 is 1.87 bits per heavy atom. The van der Waals surface area contributed by atoms with E-state index in [9.17, 15) is 0 Å². The number of aromatic amines is 1. The topological polar surface area (TPSA) is 93.6 Å². The molecule has 0 unspecified atom stereocenters. The van der Waals surface area contributed by atoms with Gasteiger partial charge in [-0.1, -0.05) is 30.3 Å². The van der Waals surface area contributed by atoms with Crippen LogP contribution in [0.5, 0.6) is 0 Å². The molecule has 0 aliphatic rings. The van der Waals surface area contributed by atoms with Gasteiger partial charge in [-0.15, -0.1) is 10.2 Å². The molecule has 2 aromatic heterocycles. The summed E-state index contributed by atoms with van der Waals surface area (Å²) in [5, 5.41) is 16.0. The fourth-order valence-corrected chi connectivity index (χ4v) is 2.53. The predicted molar refractivity (Wildman–Crippen MR) is 87.6 cm³/mol. The highest BCUT2D eigenvalue weighted by molar-refractivity contribution is 5.91. The average Bonchev–Trinajstić information content (AvgIpc) is 3.21. The number of aromatic nitrogens is 4. The number of hydrogen-bond donors (Lipinski definition) is 2. The molecule has 3 N–H and O–H groups in total. The maximum Gasteiger partial charge on any atom is 0.247 e. The maximum absolute atomic E-state index is 5.83. The van der Waals surface area contributed by atoms with Crippen molar-refractivity contribution in [3.05, 3.63) is 60.0 Å². The molecule has 0 aliphatic heterocycles. The van der Waals surface area contributed by atoms with Crippen molar-refractivity contribution in [3.8, 4) is 11.5 Å². The van der Waals surface area contributed by atoms with E-state index in [4.69, 9.17) is 10.2 Å². The molecule has 0 atom stereocenters. The number of benzene rings is 2. The number of fused-ring (bicyclic) bond motifs is 1. The van der Waals surface area contributed by atoms with E-state index < -0.39 is 0 Å². The van der Waals surface area contributed by atoms with E-state index in [1.165, 1.54) is 5.56 Å². The van der Waals surface area contributed by atoms with Gasteiger partial charge in [0.25, 0.3) is 0 Å². The van der Waals surface area contributed by atoms with Gasteiger partial charge in [0.1, 0.15) is 0 Å². The molecule has 0 radical (unpaired) electrons. The summed E-state index contributed by atoms with van der Waals surface area (Å²) in [6.07, 6.45) is 1.59. The molecule has 0 saturated heterocycles. The Hall–Kier alpha value is -3.15. The molecule has 0 fully saturated rings. The highest BCUT2D eigenvalue weighted by atomic mass is 16.4. The zero-order valence-electron chi connectivity index (χ0n) is 12.4. The summed E-state index contributed by atoms with van der Waals surface area (Å²) in [7, 11) is 0. The number of H-pyrrole nitrogens is 1. The van der Waals surface area contributed by atoms with Crippen LogP contribution in [0.15, 0.2) is 52.9 Å². The second-order valence-electron chi connectivity index (χ2n) is 5.36. The molecular formula is C17H15N5O. The smallest absolute Gasteiger partial charge is 0.247 e. The van der Waals surface area contributed by atoms with Gasteiger partial charge in [0, 0.05) is 17.4 Å². The van der Waals surface area contributed by atoms with Crippen molar-refractivity contribution >= 4 is 16.7 Å². The molecule has 4 aromatic rings. The molecule has 0 amide bonds. The summed E-state index contributed by atoms with van der Waals surface area (Å²) in [5.74, 6) is 1.59. The minimum atomic E-state index is 0.464. The summed E-state index contributed by atoms with van der Waals surface area (Å²) in [5.41, 5.74) is 8.80. The third-order valence-corrected chi connectivity index (χ3v) is 3.78. The summed E-state index contributed by atoms with van der Waals surface area (Å²) in [4.78, 5) is 0. The average molecular weight is 305 g/mol. The van der Waals surface area contributed by atoms with Crippen molar-refractivity contribution in [3.63, 3.8) is 0 Å². The lowest BCUT2D eigenvalue weighted by Crippen LogP contribution is -1.90. The highest BCUT2D eigenvalue weighted by Gasteiger charge is 2.11. The van der Waals surface area contributed by atoms with E-state index in [0.29, 0.717) is 24.0 Å². The Morgan fingerprint density at radius 3 is 2.74 bits per heavy atom. The first-order valence-corrected chi connectivity index (χ1v) is 7.40. The molecule has 4 rings (SSSR count). The maximum atomic E-state index is 5.83. The number of nitrogen functional groups attached to an aromatic ring is 1. The van der Waals surface area contributed by atoms with E-state index in [1.54, 1.807) is 0 Å². The van der Waals surface area contributed by atoms with Crippen molar-refractivity contribution < 1.29 is 4.42 Å². The van der Waals surface area contributed by atoms with Crippen LogP contribution in [0.3, 0.4) is 0 Å². The zero-order chi connectivity index (χ0) is 15.6. The molecule has 0 spiro atoms. The van der Waals surface area contributed by atoms with Crippen molar-refractivity contribution in [1.29, 1.82) is 0 Å². The second-order valence-corrected chi connectivity index (χ2v) is 5.36. The minimum absolute atomic E-state index is 0.464. The van der Waals surface area contributed by atoms with Crippen molar-refractivity contribution in [1.82, 2.24) is 20.4 Å². The third kappa shape index (κ3) is 2.66. The quantitative estimate of drug-likeness (QED) is 0.604. The molecular weight excluding hydrogens is 290 g/mol. The molecule has 0 saturated carbocycles. The van der Waals surface area contributed by atoms with Gasteiger partial charge in [0.05, 0.1) is 5.52 Å². The number of aryl methyl sites for hydroxylation is 2.